The zero-order valence-corrected chi connectivity index (χ0v) is 19.9. The monoisotopic (exact) mass is 478 g/mol. The lowest BCUT2D eigenvalue weighted by molar-refractivity contribution is -0.119. The van der Waals surface area contributed by atoms with Gasteiger partial charge in [-0.15, -0.1) is 0 Å². The number of carbonyl (C=O) groups is 1. The van der Waals surface area contributed by atoms with Gasteiger partial charge in [0.2, 0.25) is 5.95 Å². The van der Waals surface area contributed by atoms with Gasteiger partial charge in [-0.2, -0.15) is 5.26 Å². The minimum atomic E-state index is -0.336. The van der Waals surface area contributed by atoms with Gasteiger partial charge < -0.3 is 20.3 Å². The first-order valence-corrected chi connectivity index (χ1v) is 11.8. The van der Waals surface area contributed by atoms with Gasteiger partial charge in [-0.05, 0) is 42.0 Å². The van der Waals surface area contributed by atoms with Gasteiger partial charge in [0.15, 0.2) is 5.78 Å². The SMILES string of the molecule is COc1ccc(-c2cccc3cnc(Nc4ccc(N5CCNCC5C(=O)CC#N)cc4)nc23)cc1. The van der Waals surface area contributed by atoms with E-state index in [4.69, 9.17) is 15.0 Å². The molecule has 3 aromatic carbocycles. The van der Waals surface area contributed by atoms with Crippen molar-refractivity contribution < 1.29 is 9.53 Å². The number of nitrogens with zero attached hydrogens (tertiary/aromatic N) is 4. The van der Waals surface area contributed by atoms with E-state index < -0.39 is 0 Å². The number of nitriles is 1. The molecule has 36 heavy (non-hydrogen) atoms. The van der Waals surface area contributed by atoms with E-state index >= 15 is 0 Å². The molecule has 1 aliphatic heterocycles. The van der Waals surface area contributed by atoms with Gasteiger partial charge in [-0.3, -0.25) is 4.79 Å². The second-order valence-corrected chi connectivity index (χ2v) is 8.55. The number of fused-ring (bicyclic) bond motifs is 1. The number of carbonyl (C=O) groups excluding carboxylic acids is 1. The lowest BCUT2D eigenvalue weighted by Gasteiger charge is -2.36. The fourth-order valence-electron chi connectivity index (χ4n) is 4.48. The zero-order valence-electron chi connectivity index (χ0n) is 19.9. The van der Waals surface area contributed by atoms with E-state index in [-0.39, 0.29) is 18.2 Å². The highest BCUT2D eigenvalue weighted by atomic mass is 16.5. The number of methoxy groups -OCH3 is 1. The standard InChI is InChI=1S/C28H26N6O2/c1-36-23-11-5-19(6-12-23)24-4-2-3-20-17-31-28(33-27(20)24)32-21-7-9-22(10-8-21)34-16-15-30-18-25(34)26(35)13-14-29/h2-12,17,25,30H,13,15-16,18H2,1H3,(H,31,32,33). The summed E-state index contributed by atoms with van der Waals surface area (Å²) in [4.78, 5) is 23.8. The van der Waals surface area contributed by atoms with Gasteiger partial charge in [0, 0.05) is 48.2 Å². The Kier molecular flexibility index (Phi) is 6.74. The molecule has 8 heteroatoms. The van der Waals surface area contributed by atoms with Crippen molar-refractivity contribution in [2.45, 2.75) is 12.5 Å². The van der Waals surface area contributed by atoms with E-state index in [0.717, 1.165) is 45.7 Å². The molecule has 4 aromatic rings. The van der Waals surface area contributed by atoms with E-state index in [0.29, 0.717) is 19.0 Å². The number of para-hydroxylation sites is 1. The molecule has 2 heterocycles. The normalized spacial score (nSPS) is 15.3. The minimum Gasteiger partial charge on any atom is -0.497 e. The van der Waals surface area contributed by atoms with Gasteiger partial charge in [-0.1, -0.05) is 30.3 Å². The summed E-state index contributed by atoms with van der Waals surface area (Å²) >= 11 is 0. The lowest BCUT2D eigenvalue weighted by atomic mass is 10.0. The predicted molar refractivity (Wildman–Crippen MR) is 140 cm³/mol. The molecule has 0 aliphatic carbocycles. The fourth-order valence-corrected chi connectivity index (χ4v) is 4.48. The Hall–Kier alpha value is -4.48. The van der Waals surface area contributed by atoms with Crippen LogP contribution in [0.2, 0.25) is 0 Å². The second-order valence-electron chi connectivity index (χ2n) is 8.55. The number of nitrogens with one attached hydrogen (secondary N) is 2. The largest absolute Gasteiger partial charge is 0.497 e. The van der Waals surface area contributed by atoms with Crippen molar-refractivity contribution in [2.75, 3.05) is 37.0 Å². The molecule has 1 fully saturated rings. The summed E-state index contributed by atoms with van der Waals surface area (Å²) in [6, 6.07) is 23.5. The Labute approximate surface area is 209 Å². The molecule has 2 N–H and O–H groups in total. The first-order valence-electron chi connectivity index (χ1n) is 11.8. The molecule has 1 aromatic heterocycles. The van der Waals surface area contributed by atoms with Crippen LogP contribution in [-0.2, 0) is 4.79 Å². The Morgan fingerprint density at radius 3 is 2.72 bits per heavy atom. The number of hydrogen-bond donors (Lipinski definition) is 2. The van der Waals surface area contributed by atoms with Crippen LogP contribution in [0.1, 0.15) is 6.42 Å². The van der Waals surface area contributed by atoms with Crippen molar-refractivity contribution in [3.05, 3.63) is 72.9 Å². The number of aromatic nitrogens is 2. The van der Waals surface area contributed by atoms with Crippen LogP contribution < -0.4 is 20.3 Å². The molecule has 1 unspecified atom stereocenters. The van der Waals surface area contributed by atoms with Crippen molar-refractivity contribution in [1.82, 2.24) is 15.3 Å². The lowest BCUT2D eigenvalue weighted by Crippen LogP contribution is -2.55. The third kappa shape index (κ3) is 4.83. The second kappa shape index (κ2) is 10.4. The number of hydrogen-bond acceptors (Lipinski definition) is 8. The maximum absolute atomic E-state index is 12.4. The predicted octanol–water partition coefficient (Wildman–Crippen LogP) is 4.31. The van der Waals surface area contributed by atoms with Gasteiger partial charge in [0.05, 0.1) is 25.1 Å². The molecule has 0 spiro atoms. The molecule has 180 valence electrons. The number of ketones is 1. The number of Topliss-reactive ketones (excluding diaryl/α,β-unsaturated/α-hetero) is 1. The summed E-state index contributed by atoms with van der Waals surface area (Å²) in [6.07, 6.45) is 1.73. The summed E-state index contributed by atoms with van der Waals surface area (Å²) in [5.41, 5.74) is 4.71. The Morgan fingerprint density at radius 2 is 1.97 bits per heavy atom. The molecule has 1 atom stereocenters. The Balaban J connectivity index is 1.38. The molecular weight excluding hydrogens is 452 g/mol. The third-order valence-corrected chi connectivity index (χ3v) is 6.34. The summed E-state index contributed by atoms with van der Waals surface area (Å²) in [5, 5.41) is 16.4. The van der Waals surface area contributed by atoms with Gasteiger partial charge >= 0.3 is 0 Å². The minimum absolute atomic E-state index is 0.0656. The van der Waals surface area contributed by atoms with E-state index in [2.05, 4.69) is 20.5 Å². The summed E-state index contributed by atoms with van der Waals surface area (Å²) in [5.74, 6) is 1.24. The average molecular weight is 479 g/mol. The molecule has 5 rings (SSSR count). The molecule has 1 aliphatic rings. The Bertz CT molecular complexity index is 1410. The highest BCUT2D eigenvalue weighted by molar-refractivity contribution is 5.94. The smallest absolute Gasteiger partial charge is 0.227 e. The van der Waals surface area contributed by atoms with E-state index in [1.165, 1.54) is 0 Å². The molecular formula is C28H26N6O2. The molecule has 1 saturated heterocycles. The maximum atomic E-state index is 12.4. The highest BCUT2D eigenvalue weighted by Gasteiger charge is 2.28. The van der Waals surface area contributed by atoms with Crippen LogP contribution in [0.3, 0.4) is 0 Å². The molecule has 0 bridgehead atoms. The number of piperazine rings is 1. The Morgan fingerprint density at radius 1 is 1.17 bits per heavy atom. The van der Waals surface area contributed by atoms with Gasteiger partial charge in [-0.25, -0.2) is 9.97 Å². The van der Waals surface area contributed by atoms with Crippen LogP contribution in [0.15, 0.2) is 72.9 Å². The van der Waals surface area contributed by atoms with Gasteiger partial charge in [0.25, 0.3) is 0 Å². The number of ether oxygens (including phenoxy) is 1. The fraction of sp³-hybridized carbons (Fsp3) is 0.214. The van der Waals surface area contributed by atoms with Crippen molar-refractivity contribution in [3.8, 4) is 22.9 Å². The van der Waals surface area contributed by atoms with E-state index in [1.807, 2.05) is 79.0 Å². The van der Waals surface area contributed by atoms with Gasteiger partial charge in [0.1, 0.15) is 11.8 Å². The third-order valence-electron chi connectivity index (χ3n) is 6.34. The topological polar surface area (TPSA) is 103 Å². The van der Waals surface area contributed by atoms with Crippen LogP contribution in [0.4, 0.5) is 17.3 Å². The molecule has 8 nitrogen and oxygen atoms in total. The zero-order chi connectivity index (χ0) is 24.9. The summed E-state index contributed by atoms with van der Waals surface area (Å²) in [6.45, 7) is 2.04. The van der Waals surface area contributed by atoms with Crippen LogP contribution in [0, 0.1) is 11.3 Å². The first-order chi connectivity index (χ1) is 17.7. The quantitative estimate of drug-likeness (QED) is 0.405. The van der Waals surface area contributed by atoms with Crippen molar-refractivity contribution in [2.24, 2.45) is 0 Å². The molecule has 0 radical (unpaired) electrons. The number of anilines is 3. The maximum Gasteiger partial charge on any atom is 0.227 e. The van der Waals surface area contributed by atoms with Crippen LogP contribution in [0.5, 0.6) is 5.75 Å². The van der Waals surface area contributed by atoms with Crippen LogP contribution in [0.25, 0.3) is 22.0 Å². The first kappa shape index (κ1) is 23.3. The van der Waals surface area contributed by atoms with E-state index in [9.17, 15) is 4.79 Å². The van der Waals surface area contributed by atoms with Crippen molar-refractivity contribution in [3.63, 3.8) is 0 Å². The molecule has 0 saturated carbocycles. The summed E-state index contributed by atoms with van der Waals surface area (Å²) < 4.78 is 5.28. The summed E-state index contributed by atoms with van der Waals surface area (Å²) in [7, 11) is 1.65. The number of rotatable bonds is 7. The number of benzene rings is 3. The highest BCUT2D eigenvalue weighted by Crippen LogP contribution is 2.30. The average Bonchev–Trinajstić information content (AvgIpc) is 2.93. The van der Waals surface area contributed by atoms with Crippen LogP contribution in [-0.4, -0.2) is 48.5 Å². The van der Waals surface area contributed by atoms with Crippen molar-refractivity contribution >= 4 is 34.0 Å². The molecule has 0 amide bonds. The van der Waals surface area contributed by atoms with Crippen LogP contribution >= 0.6 is 0 Å². The van der Waals surface area contributed by atoms with Crippen molar-refractivity contribution in [1.29, 1.82) is 5.26 Å². The van der Waals surface area contributed by atoms with E-state index in [1.54, 1.807) is 7.11 Å².